The van der Waals surface area contributed by atoms with Gasteiger partial charge in [0.05, 0.1) is 0 Å². The third kappa shape index (κ3) is 10.2. The van der Waals surface area contributed by atoms with Crippen LogP contribution in [0.1, 0.15) is 19.3 Å². The molecule has 0 heterocycles. The number of hydrogen-bond donors (Lipinski definition) is 0. The second-order valence-electron chi connectivity index (χ2n) is 6.77. The quantitative estimate of drug-likeness (QED) is 0.318. The first kappa shape index (κ1) is 22.2. The molecule has 0 nitrogen and oxygen atoms in total. The van der Waals surface area contributed by atoms with Crippen LogP contribution in [0.2, 0.25) is 0 Å². The number of hydrogen-bond acceptors (Lipinski definition) is 0. The third-order valence-electron chi connectivity index (χ3n) is 4.03. The minimum absolute atomic E-state index is 0.517. The summed E-state index contributed by atoms with van der Waals surface area (Å²) in [6.45, 7) is 0. The molecule has 146 valence electrons. The van der Waals surface area contributed by atoms with Crippen LogP contribution < -0.4 is 14.0 Å². The average molecular weight is 596 g/mol. The SMILES string of the molecule is C1CC1.c1cc[c]([SbH][c]2ccccc2)cc1.c1cc[c]([SbH][c]2ccccc2)cc1. The van der Waals surface area contributed by atoms with Gasteiger partial charge in [-0.05, 0) is 0 Å². The van der Waals surface area contributed by atoms with Gasteiger partial charge in [-0.2, -0.15) is 0 Å². The Balaban J connectivity index is 0.000000145. The Morgan fingerprint density at radius 3 is 0.690 bits per heavy atom. The fourth-order valence-electron chi connectivity index (χ4n) is 2.42. The fourth-order valence-corrected chi connectivity index (χ4v) is 8.42. The molecule has 1 fully saturated rings. The topological polar surface area (TPSA) is 0 Å². The first-order valence-corrected chi connectivity index (χ1v) is 15.9. The normalized spacial score (nSPS) is 11.3. The standard InChI is InChI=1S/4C6H5.C3H6.2Sb.2H/c4*1-2-4-6-5-3-1;1-2-3-1;;;;/h4*1-5H;1-3H2;;;;. The van der Waals surface area contributed by atoms with E-state index in [2.05, 4.69) is 121 Å². The minimum atomic E-state index is -0.517. The van der Waals surface area contributed by atoms with Gasteiger partial charge in [0.15, 0.2) is 0 Å². The van der Waals surface area contributed by atoms with Gasteiger partial charge in [0.1, 0.15) is 0 Å². The van der Waals surface area contributed by atoms with Crippen LogP contribution in [0.25, 0.3) is 0 Å². The van der Waals surface area contributed by atoms with E-state index in [1.54, 1.807) is 0 Å². The molecule has 4 aromatic carbocycles. The van der Waals surface area contributed by atoms with Gasteiger partial charge in [-0.1, -0.05) is 19.3 Å². The third-order valence-corrected chi connectivity index (χ3v) is 11.1. The van der Waals surface area contributed by atoms with Crippen molar-refractivity contribution in [3.63, 3.8) is 0 Å². The van der Waals surface area contributed by atoms with Gasteiger partial charge < -0.3 is 0 Å². The van der Waals surface area contributed by atoms with Gasteiger partial charge >= 0.3 is 179 Å². The van der Waals surface area contributed by atoms with Crippen LogP contribution in [0.15, 0.2) is 121 Å². The van der Waals surface area contributed by atoms with Crippen LogP contribution in [0, 0.1) is 0 Å². The van der Waals surface area contributed by atoms with Gasteiger partial charge in [-0.25, -0.2) is 0 Å². The number of rotatable bonds is 4. The van der Waals surface area contributed by atoms with E-state index in [9.17, 15) is 0 Å². The van der Waals surface area contributed by atoms with Gasteiger partial charge in [-0.15, -0.1) is 0 Å². The monoisotopic (exact) mass is 594 g/mol. The van der Waals surface area contributed by atoms with E-state index in [0.29, 0.717) is 0 Å². The summed E-state index contributed by atoms with van der Waals surface area (Å²) in [6, 6.07) is 43.2. The van der Waals surface area contributed by atoms with Crippen molar-refractivity contribution in [2.24, 2.45) is 0 Å². The van der Waals surface area contributed by atoms with Crippen molar-refractivity contribution in [2.75, 3.05) is 0 Å². The molecule has 0 aliphatic heterocycles. The Morgan fingerprint density at radius 1 is 0.310 bits per heavy atom. The second-order valence-corrected chi connectivity index (χ2v) is 14.8. The van der Waals surface area contributed by atoms with Crippen molar-refractivity contribution in [3.05, 3.63) is 121 Å². The molecule has 0 saturated heterocycles. The van der Waals surface area contributed by atoms with Crippen molar-refractivity contribution in [1.82, 2.24) is 0 Å². The Morgan fingerprint density at radius 2 is 0.517 bits per heavy atom. The van der Waals surface area contributed by atoms with E-state index in [1.807, 2.05) is 0 Å². The van der Waals surface area contributed by atoms with Crippen LogP contribution >= 0.6 is 0 Å². The molecule has 4 aromatic rings. The average Bonchev–Trinajstić information content (AvgIpc) is 3.67. The van der Waals surface area contributed by atoms with Crippen molar-refractivity contribution in [3.8, 4) is 0 Å². The van der Waals surface area contributed by atoms with E-state index in [-0.39, 0.29) is 0 Å². The van der Waals surface area contributed by atoms with E-state index < -0.39 is 43.2 Å². The van der Waals surface area contributed by atoms with Crippen molar-refractivity contribution in [1.29, 1.82) is 0 Å². The summed E-state index contributed by atoms with van der Waals surface area (Å²) in [5.74, 6) is 0. The molecular weight excluding hydrogens is 568 g/mol. The molecule has 5 rings (SSSR count). The van der Waals surface area contributed by atoms with Gasteiger partial charge in [0, 0.05) is 0 Å². The molecule has 1 aliphatic carbocycles. The molecule has 0 spiro atoms. The molecule has 2 heteroatoms. The maximum absolute atomic E-state index is 2.24. The molecule has 0 radical (unpaired) electrons. The summed E-state index contributed by atoms with van der Waals surface area (Å²) in [4.78, 5) is 0. The molecule has 29 heavy (non-hydrogen) atoms. The maximum atomic E-state index is 2.24. The first-order chi connectivity index (χ1) is 14.4. The predicted molar refractivity (Wildman–Crippen MR) is 132 cm³/mol. The zero-order valence-electron chi connectivity index (χ0n) is 16.7. The van der Waals surface area contributed by atoms with E-state index >= 15 is 0 Å². The Labute approximate surface area is 196 Å². The summed E-state index contributed by atoms with van der Waals surface area (Å²) in [7, 11) is 0. The van der Waals surface area contributed by atoms with E-state index in [1.165, 1.54) is 33.3 Å². The summed E-state index contributed by atoms with van der Waals surface area (Å²) in [6.07, 6.45) is 4.50. The Kier molecular flexibility index (Phi) is 10.5. The van der Waals surface area contributed by atoms with Crippen molar-refractivity contribution < 1.29 is 0 Å². The summed E-state index contributed by atoms with van der Waals surface area (Å²) < 4.78 is 6.16. The zero-order chi connectivity index (χ0) is 20.0. The molecular formula is C27H28Sb2. The molecule has 0 N–H and O–H groups in total. The first-order valence-electron chi connectivity index (χ1n) is 10.1. The molecule has 0 aromatic heterocycles. The van der Waals surface area contributed by atoms with Crippen LogP contribution in [0.4, 0.5) is 0 Å². The van der Waals surface area contributed by atoms with E-state index in [0.717, 1.165) is 0 Å². The predicted octanol–water partition coefficient (Wildman–Crippen LogP) is 3.32. The molecule has 1 aliphatic rings. The summed E-state index contributed by atoms with van der Waals surface area (Å²) >= 11 is -1.03. The second kappa shape index (κ2) is 13.7. The van der Waals surface area contributed by atoms with Gasteiger partial charge in [-0.3, -0.25) is 0 Å². The molecule has 0 bridgehead atoms. The van der Waals surface area contributed by atoms with Crippen LogP contribution in [0.3, 0.4) is 0 Å². The summed E-state index contributed by atoms with van der Waals surface area (Å²) in [5.41, 5.74) is 0. The zero-order valence-corrected chi connectivity index (χ0v) is 22.4. The molecule has 1 saturated carbocycles. The molecule has 0 unspecified atom stereocenters. The van der Waals surface area contributed by atoms with Gasteiger partial charge in [0.25, 0.3) is 0 Å². The van der Waals surface area contributed by atoms with Gasteiger partial charge in [0.2, 0.25) is 0 Å². The molecule has 0 atom stereocenters. The fraction of sp³-hybridized carbons (Fsp3) is 0.111. The Bertz CT molecular complexity index is 751. The van der Waals surface area contributed by atoms with Crippen LogP contribution in [-0.2, 0) is 0 Å². The van der Waals surface area contributed by atoms with Crippen LogP contribution in [0.5, 0.6) is 0 Å². The van der Waals surface area contributed by atoms with Crippen molar-refractivity contribution in [2.45, 2.75) is 19.3 Å². The number of benzene rings is 4. The molecule has 0 amide bonds. The van der Waals surface area contributed by atoms with Crippen molar-refractivity contribution >= 4 is 57.3 Å². The Hall–Kier alpha value is -1.48. The summed E-state index contributed by atoms with van der Waals surface area (Å²) in [5, 5.41) is 0. The van der Waals surface area contributed by atoms with E-state index in [4.69, 9.17) is 0 Å². The van der Waals surface area contributed by atoms with Crippen LogP contribution in [-0.4, -0.2) is 43.2 Å².